The SMILES string of the molecule is CC(C)CN1CCC([C@@H]2COC(=O)C(C)(C)C(=O)[C@H](C)C[C@H](O)C[C@@H](C)CN2C)C1. The third-order valence-electron chi connectivity index (χ3n) is 6.90. The molecule has 174 valence electrons. The molecule has 30 heavy (non-hydrogen) atoms. The number of cyclic esters (lactones) is 1. The number of rotatable bonds is 3. The summed E-state index contributed by atoms with van der Waals surface area (Å²) in [6.45, 7) is 16.1. The fourth-order valence-corrected chi connectivity index (χ4v) is 5.32. The lowest BCUT2D eigenvalue weighted by Crippen LogP contribution is -2.46. The molecule has 0 radical (unpaired) electrons. The fraction of sp³-hybridized carbons (Fsp3) is 0.917. The average Bonchev–Trinajstić information content (AvgIpc) is 3.06. The molecule has 0 spiro atoms. The van der Waals surface area contributed by atoms with Crippen LogP contribution in [0, 0.1) is 29.1 Å². The van der Waals surface area contributed by atoms with Crippen LogP contribution in [0.15, 0.2) is 0 Å². The van der Waals surface area contributed by atoms with Crippen molar-refractivity contribution in [2.45, 2.75) is 73.0 Å². The van der Waals surface area contributed by atoms with E-state index < -0.39 is 17.5 Å². The Kier molecular flexibility index (Phi) is 8.90. The number of Topliss-reactive ketones (excluding diaryl/α,β-unsaturated/α-hetero) is 1. The Morgan fingerprint density at radius 1 is 1.17 bits per heavy atom. The molecule has 5 atom stereocenters. The summed E-state index contributed by atoms with van der Waals surface area (Å²) in [7, 11) is 2.10. The van der Waals surface area contributed by atoms with Gasteiger partial charge >= 0.3 is 5.97 Å². The Bertz CT molecular complexity index is 592. The van der Waals surface area contributed by atoms with Crippen molar-refractivity contribution >= 4 is 11.8 Å². The number of likely N-dealkylation sites (N-methyl/N-ethyl adjacent to an activating group) is 1. The van der Waals surface area contributed by atoms with Crippen LogP contribution in [0.4, 0.5) is 0 Å². The van der Waals surface area contributed by atoms with Crippen LogP contribution in [-0.2, 0) is 14.3 Å². The standard InChI is InChI=1S/C24H44N2O4/c1-16(2)12-26-9-8-19(14-26)21-15-30-23(29)24(5,6)22(28)18(4)11-20(27)10-17(3)13-25(21)7/h16-21,27H,8-15H2,1-7H3/t17-,18-,19?,20-,21+/m1/s1. The van der Waals surface area contributed by atoms with Gasteiger partial charge in [-0.15, -0.1) is 0 Å². The minimum absolute atomic E-state index is 0.120. The minimum atomic E-state index is -1.19. The van der Waals surface area contributed by atoms with E-state index in [9.17, 15) is 14.7 Å². The van der Waals surface area contributed by atoms with Gasteiger partial charge < -0.3 is 14.7 Å². The number of likely N-dealkylation sites (tertiary alicyclic amines) is 1. The van der Waals surface area contributed by atoms with E-state index in [4.69, 9.17) is 4.74 Å². The number of esters is 1. The quantitative estimate of drug-likeness (QED) is 0.555. The normalized spacial score (nSPS) is 35.6. The van der Waals surface area contributed by atoms with Crippen LogP contribution in [-0.4, -0.2) is 78.6 Å². The summed E-state index contributed by atoms with van der Waals surface area (Å²) < 4.78 is 5.78. The van der Waals surface area contributed by atoms with Gasteiger partial charge in [0.2, 0.25) is 0 Å². The van der Waals surface area contributed by atoms with Crippen molar-refractivity contribution in [1.82, 2.24) is 9.80 Å². The highest BCUT2D eigenvalue weighted by Crippen LogP contribution is 2.30. The van der Waals surface area contributed by atoms with Crippen LogP contribution in [0.3, 0.4) is 0 Å². The first kappa shape index (κ1) is 25.3. The van der Waals surface area contributed by atoms with E-state index in [1.807, 2.05) is 6.92 Å². The molecule has 0 amide bonds. The Labute approximate surface area is 183 Å². The number of hydrogen-bond acceptors (Lipinski definition) is 6. The second-order valence-electron chi connectivity index (χ2n) is 10.9. The molecule has 0 aromatic rings. The molecule has 1 unspecified atom stereocenters. The van der Waals surface area contributed by atoms with E-state index in [1.54, 1.807) is 13.8 Å². The first-order valence-electron chi connectivity index (χ1n) is 11.7. The number of ketones is 1. The van der Waals surface area contributed by atoms with E-state index in [2.05, 4.69) is 37.6 Å². The third-order valence-corrected chi connectivity index (χ3v) is 6.90. The first-order chi connectivity index (χ1) is 13.9. The molecule has 2 aliphatic rings. The van der Waals surface area contributed by atoms with E-state index in [0.717, 1.165) is 32.6 Å². The Hall–Kier alpha value is -0.980. The Morgan fingerprint density at radius 2 is 1.83 bits per heavy atom. The molecule has 0 aromatic heterocycles. The van der Waals surface area contributed by atoms with Crippen LogP contribution in [0.2, 0.25) is 0 Å². The van der Waals surface area contributed by atoms with Crippen molar-refractivity contribution in [1.29, 1.82) is 0 Å². The topological polar surface area (TPSA) is 70.1 Å². The molecule has 0 aromatic carbocycles. The average molecular weight is 425 g/mol. The van der Waals surface area contributed by atoms with Crippen molar-refractivity contribution in [3.05, 3.63) is 0 Å². The maximum atomic E-state index is 12.9. The molecular formula is C24H44N2O4. The summed E-state index contributed by atoms with van der Waals surface area (Å²) >= 11 is 0. The molecule has 2 rings (SSSR count). The molecule has 2 saturated heterocycles. The van der Waals surface area contributed by atoms with Crippen molar-refractivity contribution in [3.8, 4) is 0 Å². The van der Waals surface area contributed by atoms with Gasteiger partial charge in [-0.3, -0.25) is 14.5 Å². The number of carbonyl (C=O) groups is 2. The monoisotopic (exact) mass is 424 g/mol. The summed E-state index contributed by atoms with van der Waals surface area (Å²) in [6.07, 6.45) is 1.61. The number of aliphatic hydroxyl groups excluding tert-OH is 1. The van der Waals surface area contributed by atoms with Gasteiger partial charge in [-0.25, -0.2) is 0 Å². The predicted molar refractivity (Wildman–Crippen MR) is 119 cm³/mol. The zero-order chi connectivity index (χ0) is 22.6. The van der Waals surface area contributed by atoms with E-state index in [1.165, 1.54) is 0 Å². The predicted octanol–water partition coefficient (Wildman–Crippen LogP) is 2.83. The number of nitrogens with zero attached hydrogens (tertiary/aromatic N) is 2. The van der Waals surface area contributed by atoms with Gasteiger partial charge in [0, 0.05) is 31.6 Å². The fourth-order valence-electron chi connectivity index (χ4n) is 5.32. The lowest BCUT2D eigenvalue weighted by molar-refractivity contribution is -0.161. The minimum Gasteiger partial charge on any atom is -0.463 e. The van der Waals surface area contributed by atoms with Gasteiger partial charge in [0.1, 0.15) is 12.0 Å². The molecule has 0 saturated carbocycles. The largest absolute Gasteiger partial charge is 0.463 e. The lowest BCUT2D eigenvalue weighted by atomic mass is 9.79. The lowest BCUT2D eigenvalue weighted by Gasteiger charge is -2.35. The van der Waals surface area contributed by atoms with Crippen LogP contribution >= 0.6 is 0 Å². The molecule has 0 bridgehead atoms. The molecule has 2 aliphatic heterocycles. The van der Waals surface area contributed by atoms with Crippen LogP contribution in [0.5, 0.6) is 0 Å². The van der Waals surface area contributed by atoms with Crippen LogP contribution in [0.1, 0.15) is 60.8 Å². The van der Waals surface area contributed by atoms with Gasteiger partial charge in [0.15, 0.2) is 5.78 Å². The molecule has 1 N–H and O–H groups in total. The molecule has 2 fully saturated rings. The highest BCUT2D eigenvalue weighted by Gasteiger charge is 2.42. The highest BCUT2D eigenvalue weighted by atomic mass is 16.5. The molecule has 2 heterocycles. The summed E-state index contributed by atoms with van der Waals surface area (Å²) in [5.74, 6) is 0.399. The number of aliphatic hydroxyl groups is 1. The summed E-state index contributed by atoms with van der Waals surface area (Å²) in [4.78, 5) is 30.6. The second kappa shape index (κ2) is 10.6. The Morgan fingerprint density at radius 3 is 2.47 bits per heavy atom. The maximum absolute atomic E-state index is 12.9. The smallest absolute Gasteiger partial charge is 0.319 e. The van der Waals surface area contributed by atoms with Crippen molar-refractivity contribution in [2.75, 3.05) is 39.8 Å². The summed E-state index contributed by atoms with van der Waals surface area (Å²) in [6, 6.07) is 0.120. The zero-order valence-corrected chi connectivity index (χ0v) is 20.2. The first-order valence-corrected chi connectivity index (χ1v) is 11.7. The van der Waals surface area contributed by atoms with E-state index >= 15 is 0 Å². The highest BCUT2D eigenvalue weighted by molar-refractivity contribution is 6.03. The number of carbonyl (C=O) groups excluding carboxylic acids is 2. The van der Waals surface area contributed by atoms with Crippen molar-refractivity contribution < 1.29 is 19.4 Å². The molecular weight excluding hydrogens is 380 g/mol. The van der Waals surface area contributed by atoms with Crippen LogP contribution in [0.25, 0.3) is 0 Å². The van der Waals surface area contributed by atoms with Gasteiger partial charge in [-0.2, -0.15) is 0 Å². The second-order valence-corrected chi connectivity index (χ2v) is 10.9. The van der Waals surface area contributed by atoms with Crippen molar-refractivity contribution in [3.63, 3.8) is 0 Å². The molecule has 6 heteroatoms. The zero-order valence-electron chi connectivity index (χ0n) is 20.2. The number of hydrogen-bond donors (Lipinski definition) is 1. The van der Waals surface area contributed by atoms with Gasteiger partial charge in [-0.1, -0.05) is 27.7 Å². The maximum Gasteiger partial charge on any atom is 0.319 e. The Balaban J connectivity index is 2.20. The number of ether oxygens (including phenoxy) is 1. The van der Waals surface area contributed by atoms with Gasteiger partial charge in [0.25, 0.3) is 0 Å². The van der Waals surface area contributed by atoms with Crippen LogP contribution < -0.4 is 0 Å². The molecule has 0 aliphatic carbocycles. The van der Waals surface area contributed by atoms with E-state index in [0.29, 0.717) is 37.2 Å². The van der Waals surface area contributed by atoms with E-state index in [-0.39, 0.29) is 17.7 Å². The summed E-state index contributed by atoms with van der Waals surface area (Å²) in [5.41, 5.74) is -1.19. The molecule has 6 nitrogen and oxygen atoms in total. The van der Waals surface area contributed by atoms with Crippen molar-refractivity contribution in [2.24, 2.45) is 29.1 Å². The summed E-state index contributed by atoms with van der Waals surface area (Å²) in [5, 5.41) is 10.5. The van der Waals surface area contributed by atoms with Gasteiger partial charge in [0.05, 0.1) is 6.10 Å². The third kappa shape index (κ3) is 6.51. The van der Waals surface area contributed by atoms with Gasteiger partial charge in [-0.05, 0) is 64.5 Å².